The summed E-state index contributed by atoms with van der Waals surface area (Å²) in [4.78, 5) is 12.1. The average Bonchev–Trinajstić information content (AvgIpc) is 2.42. The lowest BCUT2D eigenvalue weighted by Crippen LogP contribution is -2.01. The molecule has 0 spiro atoms. The van der Waals surface area contributed by atoms with Crippen LogP contribution in [-0.4, -0.2) is 5.78 Å². The predicted molar refractivity (Wildman–Crippen MR) is 89.6 cm³/mol. The molecule has 0 aliphatic carbocycles. The van der Waals surface area contributed by atoms with Gasteiger partial charge in [-0.05, 0) is 49.4 Å². The second-order valence-electron chi connectivity index (χ2n) is 4.45. The zero-order valence-corrected chi connectivity index (χ0v) is 13.4. The van der Waals surface area contributed by atoms with Crippen LogP contribution in [0.3, 0.4) is 0 Å². The molecule has 0 radical (unpaired) electrons. The van der Waals surface area contributed by atoms with Crippen molar-refractivity contribution in [2.45, 2.75) is 6.92 Å². The first-order valence-corrected chi connectivity index (χ1v) is 7.29. The van der Waals surface area contributed by atoms with Crippen molar-refractivity contribution in [1.29, 1.82) is 0 Å². The van der Waals surface area contributed by atoms with E-state index in [4.69, 9.17) is 34.8 Å². The Morgan fingerprint density at radius 3 is 2.24 bits per heavy atom. The lowest BCUT2D eigenvalue weighted by molar-refractivity contribution is 0.104. The van der Waals surface area contributed by atoms with Crippen LogP contribution in [0, 0.1) is 0 Å². The highest BCUT2D eigenvalue weighted by Crippen LogP contribution is 2.26. The summed E-state index contributed by atoms with van der Waals surface area (Å²) in [5.74, 6) is -0.109. The third-order valence-electron chi connectivity index (χ3n) is 2.74. The molecule has 2 rings (SSSR count). The van der Waals surface area contributed by atoms with Crippen LogP contribution in [0.2, 0.25) is 15.1 Å². The molecule has 0 amide bonds. The number of allylic oxidation sites excluding steroid dienone is 2. The fraction of sp³-hybridized carbons (Fsp3) is 0.0625. The average molecular weight is 341 g/mol. The van der Waals surface area contributed by atoms with Crippen LogP contribution in [0.5, 0.6) is 0 Å². The van der Waals surface area contributed by atoms with Crippen LogP contribution >= 0.6 is 34.8 Å². The minimum absolute atomic E-state index is 0.109. The Bertz CT molecular complexity index is 693. The molecule has 0 saturated carbocycles. The quantitative estimate of drug-likeness (QED) is 0.559. The summed E-state index contributed by atoms with van der Waals surface area (Å²) in [7, 11) is 0. The van der Waals surface area contributed by atoms with Crippen molar-refractivity contribution in [2.24, 2.45) is 0 Å². The van der Waals surface area contributed by atoms with Gasteiger partial charge in [0.15, 0.2) is 5.78 Å². The van der Waals surface area contributed by atoms with Crippen LogP contribution in [0.25, 0.3) is 0 Å². The first-order chi connectivity index (χ1) is 9.95. The van der Waals surface area contributed by atoms with E-state index < -0.39 is 0 Å². The fourth-order valence-electron chi connectivity index (χ4n) is 1.73. The highest BCUT2D eigenvalue weighted by atomic mass is 35.5. The van der Waals surface area contributed by atoms with Crippen molar-refractivity contribution in [2.75, 3.05) is 5.32 Å². The Balaban J connectivity index is 2.13. The molecular formula is C16H12Cl3NO. The van der Waals surface area contributed by atoms with Gasteiger partial charge in [0.25, 0.3) is 0 Å². The number of nitrogens with one attached hydrogen (secondary N) is 1. The highest BCUT2D eigenvalue weighted by Gasteiger charge is 2.05. The largest absolute Gasteiger partial charge is 0.358 e. The molecule has 2 nitrogen and oxygen atoms in total. The van der Waals surface area contributed by atoms with Crippen molar-refractivity contribution in [3.63, 3.8) is 0 Å². The number of hydrogen-bond donors (Lipinski definition) is 1. The highest BCUT2D eigenvalue weighted by molar-refractivity contribution is 6.36. The number of carbonyl (C=O) groups excluding carboxylic acids is 1. The van der Waals surface area contributed by atoms with E-state index >= 15 is 0 Å². The summed E-state index contributed by atoms with van der Waals surface area (Å²) in [6.07, 6.45) is 1.51. The Morgan fingerprint density at radius 1 is 1.00 bits per heavy atom. The molecule has 0 aliphatic heterocycles. The molecule has 0 atom stereocenters. The molecule has 21 heavy (non-hydrogen) atoms. The van der Waals surface area contributed by atoms with Crippen molar-refractivity contribution >= 4 is 46.3 Å². The number of rotatable bonds is 4. The van der Waals surface area contributed by atoms with Gasteiger partial charge in [-0.3, -0.25) is 4.79 Å². The van der Waals surface area contributed by atoms with Crippen LogP contribution in [0.4, 0.5) is 5.69 Å². The number of hydrogen-bond acceptors (Lipinski definition) is 2. The maximum Gasteiger partial charge on any atom is 0.187 e. The van der Waals surface area contributed by atoms with E-state index in [1.54, 1.807) is 49.4 Å². The van der Waals surface area contributed by atoms with Crippen LogP contribution < -0.4 is 5.32 Å². The van der Waals surface area contributed by atoms with Gasteiger partial charge in [0.05, 0.1) is 10.7 Å². The van der Waals surface area contributed by atoms with Crippen molar-refractivity contribution in [3.8, 4) is 0 Å². The molecule has 0 saturated heterocycles. The lowest BCUT2D eigenvalue weighted by Gasteiger charge is -2.08. The molecule has 0 fully saturated rings. The minimum atomic E-state index is -0.109. The zero-order chi connectivity index (χ0) is 15.4. The number of anilines is 1. The molecule has 1 N–H and O–H groups in total. The van der Waals surface area contributed by atoms with Gasteiger partial charge >= 0.3 is 0 Å². The Labute approximate surface area is 138 Å². The first-order valence-electron chi connectivity index (χ1n) is 6.16. The van der Waals surface area contributed by atoms with Gasteiger partial charge < -0.3 is 5.32 Å². The van der Waals surface area contributed by atoms with E-state index in [0.717, 1.165) is 0 Å². The van der Waals surface area contributed by atoms with Crippen molar-refractivity contribution in [3.05, 3.63) is 74.9 Å². The molecule has 0 aromatic heterocycles. The summed E-state index contributed by atoms with van der Waals surface area (Å²) in [6.45, 7) is 1.79. The SMILES string of the molecule is C/C(=C\C(=O)c1ccc(Cl)cc1)Nc1ccc(Cl)cc1Cl. The molecule has 0 unspecified atom stereocenters. The van der Waals surface area contributed by atoms with Gasteiger partial charge in [-0.15, -0.1) is 0 Å². The van der Waals surface area contributed by atoms with Crippen LogP contribution in [0.1, 0.15) is 17.3 Å². The molecule has 0 aliphatic rings. The fourth-order valence-corrected chi connectivity index (χ4v) is 2.32. The molecule has 0 bridgehead atoms. The number of benzene rings is 2. The van der Waals surface area contributed by atoms with Crippen molar-refractivity contribution in [1.82, 2.24) is 0 Å². The number of carbonyl (C=O) groups is 1. The van der Waals surface area contributed by atoms with Gasteiger partial charge in [-0.25, -0.2) is 0 Å². The van der Waals surface area contributed by atoms with E-state index in [2.05, 4.69) is 5.32 Å². The van der Waals surface area contributed by atoms with E-state index in [-0.39, 0.29) is 5.78 Å². The summed E-state index contributed by atoms with van der Waals surface area (Å²) >= 11 is 17.7. The van der Waals surface area contributed by atoms with E-state index in [9.17, 15) is 4.79 Å². The third-order valence-corrected chi connectivity index (χ3v) is 3.54. The normalized spacial score (nSPS) is 11.3. The smallest absolute Gasteiger partial charge is 0.187 e. The Hall–Kier alpha value is -1.48. The third kappa shape index (κ3) is 4.50. The maximum atomic E-state index is 12.1. The Morgan fingerprint density at radius 2 is 1.62 bits per heavy atom. The van der Waals surface area contributed by atoms with Gasteiger partial charge in [-0.2, -0.15) is 0 Å². The van der Waals surface area contributed by atoms with Gasteiger partial charge in [0, 0.05) is 27.4 Å². The Kier molecular flexibility index (Phi) is 5.29. The molecule has 108 valence electrons. The first kappa shape index (κ1) is 15.9. The molecule has 2 aromatic carbocycles. The van der Waals surface area contributed by atoms with E-state index in [1.807, 2.05) is 0 Å². The topological polar surface area (TPSA) is 29.1 Å². The van der Waals surface area contributed by atoms with Crippen molar-refractivity contribution < 1.29 is 4.79 Å². The number of ketones is 1. The standard InChI is InChI=1S/C16H12Cl3NO/c1-10(20-15-7-6-13(18)9-14(15)19)8-16(21)11-2-4-12(17)5-3-11/h2-9,20H,1H3/b10-8+. The lowest BCUT2D eigenvalue weighted by atomic mass is 10.1. The molecule has 0 heterocycles. The summed E-state index contributed by atoms with van der Waals surface area (Å²) in [5.41, 5.74) is 1.95. The predicted octanol–water partition coefficient (Wildman–Crippen LogP) is 5.85. The summed E-state index contributed by atoms with van der Waals surface area (Å²) < 4.78 is 0. The van der Waals surface area contributed by atoms with E-state index in [0.29, 0.717) is 32.0 Å². The maximum absolute atomic E-state index is 12.1. The van der Waals surface area contributed by atoms with Crippen LogP contribution in [-0.2, 0) is 0 Å². The molecular weight excluding hydrogens is 329 g/mol. The minimum Gasteiger partial charge on any atom is -0.358 e. The zero-order valence-electron chi connectivity index (χ0n) is 11.2. The van der Waals surface area contributed by atoms with Gasteiger partial charge in [0.1, 0.15) is 0 Å². The van der Waals surface area contributed by atoms with Gasteiger partial charge in [-0.1, -0.05) is 34.8 Å². The van der Waals surface area contributed by atoms with Gasteiger partial charge in [0.2, 0.25) is 0 Å². The summed E-state index contributed by atoms with van der Waals surface area (Å²) in [5, 5.41) is 4.72. The van der Waals surface area contributed by atoms with E-state index in [1.165, 1.54) is 6.08 Å². The molecule has 5 heteroatoms. The second kappa shape index (κ2) is 6.99. The van der Waals surface area contributed by atoms with Crippen LogP contribution in [0.15, 0.2) is 54.2 Å². The number of halogens is 3. The monoisotopic (exact) mass is 339 g/mol. The summed E-state index contributed by atoms with van der Waals surface area (Å²) in [6, 6.07) is 11.9. The molecule has 2 aromatic rings. The second-order valence-corrected chi connectivity index (χ2v) is 5.73.